The zero-order valence-corrected chi connectivity index (χ0v) is 10.2. The summed E-state index contributed by atoms with van der Waals surface area (Å²) in [6, 6.07) is 2.00. The number of piperidine rings is 1. The van der Waals surface area contributed by atoms with Crippen molar-refractivity contribution in [3.8, 4) is 0 Å². The van der Waals surface area contributed by atoms with Crippen molar-refractivity contribution in [1.82, 2.24) is 4.90 Å². The largest absolute Gasteiger partial charge is 0.480 e. The summed E-state index contributed by atoms with van der Waals surface area (Å²) in [5.41, 5.74) is 1.23. The van der Waals surface area contributed by atoms with Gasteiger partial charge in [0.25, 0.3) is 0 Å². The van der Waals surface area contributed by atoms with E-state index in [1.165, 1.54) is 5.56 Å². The lowest BCUT2D eigenvalue weighted by Crippen LogP contribution is -2.45. The number of rotatable bonds is 3. The molecule has 0 radical (unpaired) electrons. The summed E-state index contributed by atoms with van der Waals surface area (Å²) in [6.45, 7) is 3.00. The molecular weight excluding hydrogens is 222 g/mol. The van der Waals surface area contributed by atoms with Crippen LogP contribution in [0.2, 0.25) is 0 Å². The third kappa shape index (κ3) is 2.28. The zero-order valence-electron chi connectivity index (χ0n) is 9.43. The molecule has 1 N–H and O–H groups in total. The van der Waals surface area contributed by atoms with E-state index in [0.717, 1.165) is 25.8 Å². The summed E-state index contributed by atoms with van der Waals surface area (Å²) in [5.74, 6) is -0.679. The number of thiophene rings is 1. The van der Waals surface area contributed by atoms with Gasteiger partial charge in [-0.05, 0) is 48.7 Å². The molecule has 0 amide bonds. The third-order valence-electron chi connectivity index (χ3n) is 3.35. The fourth-order valence-corrected chi connectivity index (χ4v) is 3.13. The van der Waals surface area contributed by atoms with Gasteiger partial charge in [-0.3, -0.25) is 9.69 Å². The molecule has 2 unspecified atom stereocenters. The Labute approximate surface area is 99.7 Å². The summed E-state index contributed by atoms with van der Waals surface area (Å²) in [6.07, 6.45) is 2.92. The summed E-state index contributed by atoms with van der Waals surface area (Å²) in [7, 11) is 0. The van der Waals surface area contributed by atoms with Crippen LogP contribution in [0.5, 0.6) is 0 Å². The lowest BCUT2D eigenvalue weighted by atomic mass is 9.98. The second kappa shape index (κ2) is 4.97. The molecule has 0 aliphatic carbocycles. The van der Waals surface area contributed by atoms with Crippen LogP contribution in [0.3, 0.4) is 0 Å². The Hall–Kier alpha value is -0.870. The maximum Gasteiger partial charge on any atom is 0.320 e. The van der Waals surface area contributed by atoms with E-state index in [9.17, 15) is 9.90 Å². The number of carbonyl (C=O) groups is 1. The maximum atomic E-state index is 11.2. The second-order valence-corrected chi connectivity index (χ2v) is 5.10. The Morgan fingerprint density at radius 2 is 2.44 bits per heavy atom. The van der Waals surface area contributed by atoms with Gasteiger partial charge in [0.2, 0.25) is 0 Å². The van der Waals surface area contributed by atoms with Crippen molar-refractivity contribution in [3.05, 3.63) is 22.4 Å². The van der Waals surface area contributed by atoms with Gasteiger partial charge in [0, 0.05) is 6.04 Å². The molecule has 1 fully saturated rings. The Kier molecular flexibility index (Phi) is 3.61. The van der Waals surface area contributed by atoms with E-state index in [0.29, 0.717) is 0 Å². The quantitative estimate of drug-likeness (QED) is 0.881. The maximum absolute atomic E-state index is 11.2. The van der Waals surface area contributed by atoms with Crippen molar-refractivity contribution in [3.63, 3.8) is 0 Å². The molecule has 1 aliphatic heterocycles. The number of aliphatic carboxylic acids is 1. The highest BCUT2D eigenvalue weighted by Crippen LogP contribution is 2.29. The Bertz CT molecular complexity index is 350. The van der Waals surface area contributed by atoms with Crippen LogP contribution in [0.25, 0.3) is 0 Å². The SMILES string of the molecule is CC(c1ccsc1)N1CCCCC1C(=O)O. The van der Waals surface area contributed by atoms with Crippen molar-refractivity contribution in [2.75, 3.05) is 6.54 Å². The molecule has 1 saturated heterocycles. The first-order chi connectivity index (χ1) is 7.70. The highest BCUT2D eigenvalue weighted by Gasteiger charge is 2.32. The highest BCUT2D eigenvalue weighted by atomic mass is 32.1. The van der Waals surface area contributed by atoms with Crippen LogP contribution in [0.1, 0.15) is 37.8 Å². The molecule has 0 aromatic carbocycles. The topological polar surface area (TPSA) is 40.5 Å². The Balaban J connectivity index is 2.14. The average Bonchev–Trinajstić information content (AvgIpc) is 2.81. The number of likely N-dealkylation sites (tertiary alicyclic amines) is 1. The lowest BCUT2D eigenvalue weighted by molar-refractivity contribution is -0.145. The van der Waals surface area contributed by atoms with E-state index in [2.05, 4.69) is 23.3 Å². The fourth-order valence-electron chi connectivity index (χ4n) is 2.39. The predicted octanol–water partition coefficient (Wildman–Crippen LogP) is 2.75. The number of carboxylic acid groups (broad SMARTS) is 1. The van der Waals surface area contributed by atoms with Crippen molar-refractivity contribution >= 4 is 17.3 Å². The molecule has 1 aliphatic rings. The van der Waals surface area contributed by atoms with Gasteiger partial charge in [-0.1, -0.05) is 6.42 Å². The van der Waals surface area contributed by atoms with Crippen LogP contribution < -0.4 is 0 Å². The number of hydrogen-bond acceptors (Lipinski definition) is 3. The van der Waals surface area contributed by atoms with Crippen molar-refractivity contribution in [2.45, 2.75) is 38.3 Å². The summed E-state index contributed by atoms with van der Waals surface area (Å²) in [5, 5.41) is 13.4. The first kappa shape index (κ1) is 11.6. The van der Waals surface area contributed by atoms with Crippen LogP contribution in [0.15, 0.2) is 16.8 Å². The molecule has 1 aromatic heterocycles. The molecule has 2 heterocycles. The van der Waals surface area contributed by atoms with Gasteiger partial charge >= 0.3 is 5.97 Å². The van der Waals surface area contributed by atoms with Gasteiger partial charge in [-0.2, -0.15) is 11.3 Å². The molecule has 2 atom stereocenters. The van der Waals surface area contributed by atoms with Gasteiger partial charge in [0.1, 0.15) is 6.04 Å². The molecule has 0 bridgehead atoms. The normalized spacial score (nSPS) is 24.2. The van der Waals surface area contributed by atoms with Gasteiger partial charge in [0.05, 0.1) is 0 Å². The van der Waals surface area contributed by atoms with Gasteiger partial charge in [0.15, 0.2) is 0 Å². The minimum Gasteiger partial charge on any atom is -0.480 e. The van der Waals surface area contributed by atoms with E-state index in [1.54, 1.807) is 11.3 Å². The smallest absolute Gasteiger partial charge is 0.320 e. The van der Waals surface area contributed by atoms with E-state index >= 15 is 0 Å². The molecule has 0 saturated carbocycles. The molecule has 3 nitrogen and oxygen atoms in total. The average molecular weight is 239 g/mol. The van der Waals surface area contributed by atoms with Crippen molar-refractivity contribution in [2.24, 2.45) is 0 Å². The van der Waals surface area contributed by atoms with Gasteiger partial charge < -0.3 is 5.11 Å². The number of nitrogens with zero attached hydrogens (tertiary/aromatic N) is 1. The minimum atomic E-state index is -0.679. The summed E-state index contributed by atoms with van der Waals surface area (Å²) < 4.78 is 0. The Morgan fingerprint density at radius 1 is 1.62 bits per heavy atom. The Morgan fingerprint density at radius 3 is 3.06 bits per heavy atom. The van der Waals surface area contributed by atoms with E-state index in [1.807, 2.05) is 5.38 Å². The van der Waals surface area contributed by atoms with Crippen molar-refractivity contribution < 1.29 is 9.90 Å². The summed E-state index contributed by atoms with van der Waals surface area (Å²) >= 11 is 1.67. The molecule has 1 aromatic rings. The van der Waals surface area contributed by atoms with Gasteiger partial charge in [-0.25, -0.2) is 0 Å². The van der Waals surface area contributed by atoms with Crippen LogP contribution in [-0.4, -0.2) is 28.6 Å². The minimum absolute atomic E-state index is 0.215. The monoisotopic (exact) mass is 239 g/mol. The molecule has 4 heteroatoms. The second-order valence-electron chi connectivity index (χ2n) is 4.32. The van der Waals surface area contributed by atoms with E-state index in [-0.39, 0.29) is 12.1 Å². The first-order valence-electron chi connectivity index (χ1n) is 5.71. The van der Waals surface area contributed by atoms with Gasteiger partial charge in [-0.15, -0.1) is 0 Å². The molecular formula is C12H17NO2S. The standard InChI is InChI=1S/C12H17NO2S/c1-9(10-5-7-16-8-10)13-6-3-2-4-11(13)12(14)15/h5,7-9,11H,2-4,6H2,1H3,(H,14,15). The number of hydrogen-bond donors (Lipinski definition) is 1. The molecule has 88 valence electrons. The van der Waals surface area contributed by atoms with Crippen LogP contribution in [0.4, 0.5) is 0 Å². The van der Waals surface area contributed by atoms with Crippen LogP contribution in [-0.2, 0) is 4.79 Å². The first-order valence-corrected chi connectivity index (χ1v) is 6.65. The molecule has 2 rings (SSSR count). The molecule has 16 heavy (non-hydrogen) atoms. The lowest BCUT2D eigenvalue weighted by Gasteiger charge is -2.37. The highest BCUT2D eigenvalue weighted by molar-refractivity contribution is 7.07. The van der Waals surface area contributed by atoms with E-state index < -0.39 is 5.97 Å². The predicted molar refractivity (Wildman–Crippen MR) is 64.7 cm³/mol. The fraction of sp³-hybridized carbons (Fsp3) is 0.583. The van der Waals surface area contributed by atoms with Crippen LogP contribution in [0, 0.1) is 0 Å². The zero-order chi connectivity index (χ0) is 11.5. The molecule has 0 spiro atoms. The number of carboxylic acids is 1. The summed E-state index contributed by atoms with van der Waals surface area (Å²) in [4.78, 5) is 13.3. The van der Waals surface area contributed by atoms with E-state index in [4.69, 9.17) is 0 Å². The van der Waals surface area contributed by atoms with Crippen molar-refractivity contribution in [1.29, 1.82) is 0 Å². The van der Waals surface area contributed by atoms with Crippen LogP contribution >= 0.6 is 11.3 Å². The third-order valence-corrected chi connectivity index (χ3v) is 4.05.